The average molecular weight is 401 g/mol. The van der Waals surface area contributed by atoms with E-state index in [9.17, 15) is 9.90 Å². The molecule has 3 heterocycles. The molecule has 0 saturated carbocycles. The number of aliphatic carboxylic acids is 1. The Morgan fingerprint density at radius 1 is 1.22 bits per heavy atom. The van der Waals surface area contributed by atoms with E-state index in [0.29, 0.717) is 22.1 Å². The summed E-state index contributed by atoms with van der Waals surface area (Å²) in [6.07, 6.45) is 0. The molecule has 2 aromatic heterocycles. The number of aromatic nitrogens is 3. The number of carboxylic acid groups (broad SMARTS) is 1. The van der Waals surface area contributed by atoms with Crippen molar-refractivity contribution in [2.45, 2.75) is 26.4 Å². The maximum absolute atomic E-state index is 12.0. The first-order valence-corrected chi connectivity index (χ1v) is 9.33. The second-order valence-corrected chi connectivity index (χ2v) is 8.03. The van der Waals surface area contributed by atoms with E-state index in [-0.39, 0.29) is 5.82 Å². The number of hydrogen-bond donors (Lipinski definition) is 1. The first-order valence-electron chi connectivity index (χ1n) is 8.13. The van der Waals surface area contributed by atoms with Gasteiger partial charge in [0.15, 0.2) is 5.82 Å². The van der Waals surface area contributed by atoms with Crippen LogP contribution in [0, 0.1) is 20.8 Å². The zero-order valence-corrected chi connectivity index (χ0v) is 16.4. The third-order valence-corrected chi connectivity index (χ3v) is 6.13. The van der Waals surface area contributed by atoms with E-state index in [1.807, 2.05) is 13.8 Å². The third-order valence-electron chi connectivity index (χ3n) is 4.69. The molecule has 0 radical (unpaired) electrons. The number of carbonyl (C=O) groups excluding carboxylic acids is 1. The summed E-state index contributed by atoms with van der Waals surface area (Å²) in [7, 11) is 0. The van der Waals surface area contributed by atoms with Crippen molar-refractivity contribution in [2.24, 2.45) is 10.7 Å². The van der Waals surface area contributed by atoms with E-state index >= 15 is 0 Å². The highest BCUT2D eigenvalue weighted by Crippen LogP contribution is 2.39. The number of nitrogens with two attached hydrogens (primary N) is 1. The second kappa shape index (κ2) is 5.98. The van der Waals surface area contributed by atoms with E-state index in [1.165, 1.54) is 11.3 Å². The average Bonchev–Trinajstić information content (AvgIpc) is 3.10. The number of rotatable bonds is 2. The number of halogens is 1. The van der Waals surface area contributed by atoms with E-state index in [4.69, 9.17) is 17.3 Å². The van der Waals surface area contributed by atoms with Gasteiger partial charge in [0.25, 0.3) is 0 Å². The number of thiophene rings is 1. The van der Waals surface area contributed by atoms with Gasteiger partial charge in [-0.15, -0.1) is 21.5 Å². The van der Waals surface area contributed by atoms with Crippen molar-refractivity contribution in [3.8, 4) is 5.00 Å². The molecule has 0 saturated heterocycles. The van der Waals surface area contributed by atoms with Crippen LogP contribution in [-0.2, 0) is 10.5 Å². The number of carbonyl (C=O) groups is 1. The molecule has 4 rings (SSSR count). The molecule has 0 fully saturated rings. The SMILES string of the molecule is Cc1sc2c(c1C)C(c1ccc(Cl)cc1)=NC(N)(C(=O)[O-])c1nnc(C)n1-2. The topological polar surface area (TPSA) is 109 Å². The maximum Gasteiger partial charge on any atom is 0.209 e. The number of benzene rings is 1. The van der Waals surface area contributed by atoms with Crippen molar-refractivity contribution in [3.05, 3.63) is 62.5 Å². The molecule has 3 aromatic rings. The number of aryl methyl sites for hydroxylation is 2. The van der Waals surface area contributed by atoms with Crippen LogP contribution in [0.15, 0.2) is 29.3 Å². The smallest absolute Gasteiger partial charge is 0.209 e. The van der Waals surface area contributed by atoms with E-state index < -0.39 is 11.6 Å². The van der Waals surface area contributed by atoms with Crippen LogP contribution < -0.4 is 10.8 Å². The van der Waals surface area contributed by atoms with Crippen molar-refractivity contribution >= 4 is 34.6 Å². The van der Waals surface area contributed by atoms with Crippen LogP contribution in [0.5, 0.6) is 0 Å². The molecule has 1 aliphatic heterocycles. The first-order chi connectivity index (χ1) is 12.7. The molecule has 0 bridgehead atoms. The predicted octanol–water partition coefficient (Wildman–Crippen LogP) is 1.62. The number of nitrogens with zero attached hydrogens (tertiary/aromatic N) is 4. The fourth-order valence-corrected chi connectivity index (χ4v) is 4.47. The zero-order chi connectivity index (χ0) is 19.5. The normalized spacial score (nSPS) is 18.5. The lowest BCUT2D eigenvalue weighted by molar-refractivity contribution is -0.313. The molecule has 0 aliphatic carbocycles. The summed E-state index contributed by atoms with van der Waals surface area (Å²) in [5.74, 6) is -1.00. The molecule has 1 unspecified atom stereocenters. The molecular weight excluding hydrogens is 386 g/mol. The molecule has 138 valence electrons. The lowest BCUT2D eigenvalue weighted by Gasteiger charge is -2.25. The van der Waals surface area contributed by atoms with E-state index in [2.05, 4.69) is 15.2 Å². The molecule has 2 N–H and O–H groups in total. The summed E-state index contributed by atoms with van der Waals surface area (Å²) < 4.78 is 1.65. The monoisotopic (exact) mass is 400 g/mol. The Balaban J connectivity index is 2.14. The van der Waals surface area contributed by atoms with Crippen molar-refractivity contribution in [1.82, 2.24) is 14.8 Å². The lowest BCUT2D eigenvalue weighted by Crippen LogP contribution is -2.53. The van der Waals surface area contributed by atoms with Gasteiger partial charge in [-0.1, -0.05) is 23.7 Å². The Bertz CT molecular complexity index is 1120. The summed E-state index contributed by atoms with van der Waals surface area (Å²) in [6.45, 7) is 5.72. The van der Waals surface area contributed by atoms with Crippen LogP contribution in [0.2, 0.25) is 5.02 Å². The maximum atomic E-state index is 12.0. The molecule has 0 spiro atoms. The number of carboxylic acids is 1. The molecule has 1 aromatic carbocycles. The van der Waals surface area contributed by atoms with Crippen molar-refractivity contribution in [3.63, 3.8) is 0 Å². The van der Waals surface area contributed by atoms with E-state index in [0.717, 1.165) is 21.0 Å². The molecule has 1 atom stereocenters. The van der Waals surface area contributed by atoms with Crippen LogP contribution in [0.25, 0.3) is 5.00 Å². The number of hydrogen-bond acceptors (Lipinski definition) is 7. The van der Waals surface area contributed by atoms with Crippen LogP contribution in [0.1, 0.15) is 33.2 Å². The van der Waals surface area contributed by atoms with Crippen LogP contribution in [0.3, 0.4) is 0 Å². The van der Waals surface area contributed by atoms with Gasteiger partial charge in [-0.2, -0.15) is 0 Å². The minimum Gasteiger partial charge on any atom is -0.545 e. The van der Waals surface area contributed by atoms with Crippen LogP contribution >= 0.6 is 22.9 Å². The van der Waals surface area contributed by atoms with Crippen molar-refractivity contribution in [1.29, 1.82) is 0 Å². The third kappa shape index (κ3) is 2.52. The molecule has 0 amide bonds. The zero-order valence-electron chi connectivity index (χ0n) is 14.8. The molecular formula is C18H15ClN5O2S-. The van der Waals surface area contributed by atoms with Gasteiger partial charge in [-0.25, -0.2) is 4.99 Å². The van der Waals surface area contributed by atoms with Crippen LogP contribution in [0.4, 0.5) is 0 Å². The Kier molecular flexibility index (Phi) is 3.95. The fraction of sp³-hybridized carbons (Fsp3) is 0.222. The predicted molar refractivity (Wildman–Crippen MR) is 101 cm³/mol. The number of fused-ring (bicyclic) bond motifs is 3. The minimum absolute atomic E-state index is 0.0199. The first kappa shape index (κ1) is 17.8. The van der Waals surface area contributed by atoms with Gasteiger partial charge in [0.05, 0.1) is 11.7 Å². The molecule has 7 nitrogen and oxygen atoms in total. The largest absolute Gasteiger partial charge is 0.545 e. The highest BCUT2D eigenvalue weighted by atomic mass is 35.5. The molecule has 9 heteroatoms. The van der Waals surface area contributed by atoms with Gasteiger partial charge in [-0.3, -0.25) is 10.3 Å². The van der Waals surface area contributed by atoms with Gasteiger partial charge in [0.1, 0.15) is 10.8 Å². The minimum atomic E-state index is -2.17. The highest BCUT2D eigenvalue weighted by molar-refractivity contribution is 7.15. The van der Waals surface area contributed by atoms with Crippen molar-refractivity contribution in [2.75, 3.05) is 0 Å². The van der Waals surface area contributed by atoms with Gasteiger partial charge in [0, 0.05) is 21.0 Å². The van der Waals surface area contributed by atoms with Gasteiger partial charge < -0.3 is 9.90 Å². The summed E-state index contributed by atoms with van der Waals surface area (Å²) in [5.41, 5.74) is 7.00. The fourth-order valence-electron chi connectivity index (χ4n) is 3.13. The summed E-state index contributed by atoms with van der Waals surface area (Å²) in [5, 5.41) is 21.4. The summed E-state index contributed by atoms with van der Waals surface area (Å²) >= 11 is 7.53. The summed E-state index contributed by atoms with van der Waals surface area (Å²) in [4.78, 5) is 17.5. The Hall–Kier alpha value is -2.55. The van der Waals surface area contributed by atoms with Gasteiger partial charge in [-0.05, 0) is 38.5 Å². The second-order valence-electron chi connectivity index (χ2n) is 6.39. The molecule has 27 heavy (non-hydrogen) atoms. The lowest BCUT2D eigenvalue weighted by atomic mass is 9.99. The number of aliphatic imine (C=N–C) groups is 1. The Morgan fingerprint density at radius 3 is 2.52 bits per heavy atom. The highest BCUT2D eigenvalue weighted by Gasteiger charge is 2.40. The quantitative estimate of drug-likeness (QED) is 0.702. The van der Waals surface area contributed by atoms with Gasteiger partial charge in [0.2, 0.25) is 5.66 Å². The molecule has 1 aliphatic rings. The van der Waals surface area contributed by atoms with Crippen molar-refractivity contribution < 1.29 is 9.90 Å². The standard InChI is InChI=1S/C18H16ClN5O2S/c1-8-9(2)27-15-13(8)14(11-4-6-12(19)7-5-11)21-18(20,17(25)26)16-23-22-10(3)24(15)16/h4-7H,20H2,1-3H3,(H,25,26)/p-1. The Morgan fingerprint density at radius 2 is 1.89 bits per heavy atom. The van der Waals surface area contributed by atoms with E-state index in [1.54, 1.807) is 35.8 Å². The van der Waals surface area contributed by atoms with Crippen LogP contribution in [-0.4, -0.2) is 26.4 Å². The Labute approximate surface area is 164 Å². The van der Waals surface area contributed by atoms with Gasteiger partial charge >= 0.3 is 0 Å². The summed E-state index contributed by atoms with van der Waals surface area (Å²) in [6, 6.07) is 7.01.